The van der Waals surface area contributed by atoms with E-state index in [4.69, 9.17) is 9.16 Å². The first-order valence-corrected chi connectivity index (χ1v) is 15.4. The van der Waals surface area contributed by atoms with Crippen molar-refractivity contribution >= 4 is 37.2 Å². The van der Waals surface area contributed by atoms with Gasteiger partial charge in [0.05, 0.1) is 17.8 Å². The SMILES string of the molecule is C=C(I)C[C@H]1O[C@@H]([C@@](C)(CC=O)O[Si](C)(C)C(C)(C)C)[C@H]2[C@@H]1C(C)=CC[C@@H]2C(C)C. The molecule has 1 saturated heterocycles. The zero-order chi connectivity index (χ0) is 23.1. The van der Waals surface area contributed by atoms with Gasteiger partial charge < -0.3 is 14.0 Å². The minimum atomic E-state index is -2.09. The summed E-state index contributed by atoms with van der Waals surface area (Å²) in [5.41, 5.74) is 0.822. The highest BCUT2D eigenvalue weighted by Gasteiger charge is 2.58. The molecule has 0 saturated carbocycles. The number of ether oxygens (including phenoxy) is 1. The largest absolute Gasteiger partial charge is 0.409 e. The van der Waals surface area contributed by atoms with E-state index in [-0.39, 0.29) is 17.2 Å². The van der Waals surface area contributed by atoms with Crippen LogP contribution < -0.4 is 0 Å². The number of allylic oxidation sites excluding steroid dienone is 1. The molecular formula is C25H43IO3Si. The third-order valence-corrected chi connectivity index (χ3v) is 12.9. The van der Waals surface area contributed by atoms with E-state index in [9.17, 15) is 4.79 Å². The van der Waals surface area contributed by atoms with Crippen LogP contribution in [0.4, 0.5) is 0 Å². The van der Waals surface area contributed by atoms with E-state index < -0.39 is 13.9 Å². The third-order valence-electron chi connectivity index (χ3n) is 7.88. The van der Waals surface area contributed by atoms with Crippen LogP contribution in [-0.4, -0.2) is 32.4 Å². The van der Waals surface area contributed by atoms with Crippen molar-refractivity contribution < 1.29 is 14.0 Å². The quantitative estimate of drug-likeness (QED) is 0.139. The molecule has 0 bridgehead atoms. The fourth-order valence-corrected chi connectivity index (χ4v) is 7.39. The van der Waals surface area contributed by atoms with E-state index in [1.165, 1.54) is 5.57 Å². The molecule has 1 aliphatic carbocycles. The minimum Gasteiger partial charge on any atom is -0.409 e. The molecule has 0 unspecified atom stereocenters. The van der Waals surface area contributed by atoms with Crippen molar-refractivity contribution in [2.45, 2.75) is 104 Å². The van der Waals surface area contributed by atoms with E-state index in [1.807, 2.05) is 0 Å². The standard InChI is InChI=1S/C25H43IO3Si/c1-16(2)19-12-11-17(3)21-20(15-18(4)26)28-23(22(19)21)25(8,13-14-27)29-30(9,10)24(5,6)7/h11,14,16,19-23H,4,12-13,15H2,1-3,5-10H3/t19-,20-,21-,22-,23-,25-/m1/s1. The molecule has 30 heavy (non-hydrogen) atoms. The van der Waals surface area contributed by atoms with Crippen LogP contribution in [0.1, 0.15) is 67.7 Å². The van der Waals surface area contributed by atoms with E-state index in [1.54, 1.807) is 0 Å². The van der Waals surface area contributed by atoms with Crippen LogP contribution in [0.15, 0.2) is 21.8 Å². The van der Waals surface area contributed by atoms with Crippen molar-refractivity contribution in [3.05, 3.63) is 21.8 Å². The molecule has 3 nitrogen and oxygen atoms in total. The van der Waals surface area contributed by atoms with Gasteiger partial charge >= 0.3 is 0 Å². The number of carbonyl (C=O) groups is 1. The molecule has 1 heterocycles. The van der Waals surface area contributed by atoms with Crippen LogP contribution >= 0.6 is 22.6 Å². The highest BCUT2D eigenvalue weighted by atomic mass is 127. The molecule has 1 aliphatic heterocycles. The highest BCUT2D eigenvalue weighted by molar-refractivity contribution is 14.1. The molecule has 0 aromatic heterocycles. The third kappa shape index (κ3) is 5.32. The van der Waals surface area contributed by atoms with Crippen LogP contribution in [0.2, 0.25) is 18.1 Å². The van der Waals surface area contributed by atoms with Crippen LogP contribution in [0, 0.1) is 23.7 Å². The second-order valence-corrected chi connectivity index (χ2v) is 17.8. The number of aldehydes is 1. The van der Waals surface area contributed by atoms with Gasteiger partial charge in [0.25, 0.3) is 0 Å². The van der Waals surface area contributed by atoms with Gasteiger partial charge in [0.15, 0.2) is 8.32 Å². The summed E-state index contributed by atoms with van der Waals surface area (Å²) in [5, 5.41) is 0.0743. The fraction of sp³-hybridized carbons (Fsp3) is 0.800. The number of carbonyl (C=O) groups excluding carboxylic acids is 1. The summed E-state index contributed by atoms with van der Waals surface area (Å²) in [4.78, 5) is 11.9. The van der Waals surface area contributed by atoms with Crippen LogP contribution in [0.25, 0.3) is 0 Å². The van der Waals surface area contributed by atoms with Crippen LogP contribution in [-0.2, 0) is 14.0 Å². The smallest absolute Gasteiger partial charge is 0.192 e. The van der Waals surface area contributed by atoms with Crippen molar-refractivity contribution in [3.63, 3.8) is 0 Å². The molecule has 0 N–H and O–H groups in total. The molecule has 172 valence electrons. The average Bonchev–Trinajstić information content (AvgIpc) is 2.93. The van der Waals surface area contributed by atoms with E-state index in [2.05, 4.69) is 96.8 Å². The molecule has 5 heteroatoms. The Bertz CT molecular complexity index is 678. The zero-order valence-corrected chi connectivity index (χ0v) is 23.7. The molecule has 0 aromatic rings. The van der Waals surface area contributed by atoms with Gasteiger partial charge in [-0.1, -0.05) is 52.8 Å². The van der Waals surface area contributed by atoms with Gasteiger partial charge in [0, 0.05) is 24.7 Å². The van der Waals surface area contributed by atoms with E-state index >= 15 is 0 Å². The second-order valence-electron chi connectivity index (χ2n) is 11.6. The van der Waals surface area contributed by atoms with Crippen molar-refractivity contribution in [1.82, 2.24) is 0 Å². The Morgan fingerprint density at radius 2 is 1.97 bits per heavy atom. The number of rotatable bonds is 8. The number of fused-ring (bicyclic) bond motifs is 1. The predicted octanol–water partition coefficient (Wildman–Crippen LogP) is 7.32. The maximum Gasteiger partial charge on any atom is 0.192 e. The Morgan fingerprint density at radius 1 is 1.37 bits per heavy atom. The molecule has 0 spiro atoms. The molecule has 0 amide bonds. The Kier molecular flexibility index (Phi) is 8.30. The Morgan fingerprint density at radius 3 is 2.43 bits per heavy atom. The summed E-state index contributed by atoms with van der Waals surface area (Å²) in [6, 6.07) is 0. The molecule has 1 fully saturated rings. The number of halogens is 1. The zero-order valence-electron chi connectivity index (χ0n) is 20.5. The number of hydrogen-bond donors (Lipinski definition) is 0. The lowest BCUT2D eigenvalue weighted by atomic mass is 9.63. The van der Waals surface area contributed by atoms with Gasteiger partial charge in [-0.25, -0.2) is 0 Å². The first-order chi connectivity index (χ1) is 13.6. The normalized spacial score (nSPS) is 31.8. The monoisotopic (exact) mass is 546 g/mol. The Labute approximate surface area is 199 Å². The van der Waals surface area contributed by atoms with E-state index in [0.717, 1.165) is 22.7 Å². The van der Waals surface area contributed by atoms with Gasteiger partial charge in [-0.3, -0.25) is 0 Å². The van der Waals surface area contributed by atoms with Crippen molar-refractivity contribution in [3.8, 4) is 0 Å². The van der Waals surface area contributed by atoms with Gasteiger partial charge in [0.1, 0.15) is 6.29 Å². The molecule has 2 rings (SSSR count). The van der Waals surface area contributed by atoms with Crippen molar-refractivity contribution in [2.24, 2.45) is 23.7 Å². The maximum atomic E-state index is 11.9. The van der Waals surface area contributed by atoms with Gasteiger partial charge in [-0.15, -0.1) is 0 Å². The highest BCUT2D eigenvalue weighted by Crippen LogP contribution is 2.54. The predicted molar refractivity (Wildman–Crippen MR) is 137 cm³/mol. The Hall–Kier alpha value is 0.0169. The summed E-state index contributed by atoms with van der Waals surface area (Å²) in [6.07, 6.45) is 5.79. The average molecular weight is 547 g/mol. The van der Waals surface area contributed by atoms with Crippen molar-refractivity contribution in [1.29, 1.82) is 0 Å². The Balaban J connectivity index is 2.54. The van der Waals surface area contributed by atoms with Gasteiger partial charge in [0.2, 0.25) is 0 Å². The first kappa shape index (κ1) is 26.3. The topological polar surface area (TPSA) is 35.5 Å². The van der Waals surface area contributed by atoms with Gasteiger partial charge in [-0.05, 0) is 76.4 Å². The summed E-state index contributed by atoms with van der Waals surface area (Å²) in [7, 11) is -2.09. The molecule has 0 aromatic carbocycles. The minimum absolute atomic E-state index is 0.0743. The summed E-state index contributed by atoms with van der Waals surface area (Å²) < 4.78 is 15.0. The molecular weight excluding hydrogens is 503 g/mol. The molecule has 2 aliphatic rings. The molecule has 6 atom stereocenters. The molecule has 0 radical (unpaired) electrons. The second kappa shape index (κ2) is 9.48. The van der Waals surface area contributed by atoms with Crippen LogP contribution in [0.5, 0.6) is 0 Å². The maximum absolute atomic E-state index is 11.9. The lowest BCUT2D eigenvalue weighted by Crippen LogP contribution is -2.56. The van der Waals surface area contributed by atoms with Crippen LogP contribution in [0.3, 0.4) is 0 Å². The van der Waals surface area contributed by atoms with Gasteiger partial charge in [-0.2, -0.15) is 0 Å². The summed E-state index contributed by atoms with van der Waals surface area (Å²) in [5.74, 6) is 1.83. The number of hydrogen-bond acceptors (Lipinski definition) is 3. The van der Waals surface area contributed by atoms with Crippen molar-refractivity contribution in [2.75, 3.05) is 0 Å². The van der Waals surface area contributed by atoms with E-state index in [0.29, 0.717) is 30.1 Å². The lowest BCUT2D eigenvalue weighted by molar-refractivity contribution is -0.127. The summed E-state index contributed by atoms with van der Waals surface area (Å²) >= 11 is 2.32. The lowest BCUT2D eigenvalue weighted by Gasteiger charge is -2.49. The first-order valence-electron chi connectivity index (χ1n) is 11.4. The fourth-order valence-electron chi connectivity index (χ4n) is 5.28. The summed E-state index contributed by atoms with van der Waals surface area (Å²) in [6.45, 7) is 24.5.